The summed E-state index contributed by atoms with van der Waals surface area (Å²) >= 11 is 0. The van der Waals surface area contributed by atoms with E-state index in [2.05, 4.69) is 58.0 Å². The fourth-order valence-corrected chi connectivity index (χ4v) is 3.46. The predicted octanol–water partition coefficient (Wildman–Crippen LogP) is 6.02. The molecule has 0 nitrogen and oxygen atoms in total. The number of aryl methyl sites for hydroxylation is 4. The monoisotopic (exact) mass is 280 g/mol. The van der Waals surface area contributed by atoms with Crippen molar-refractivity contribution in [2.75, 3.05) is 0 Å². The first-order chi connectivity index (χ1) is 10.1. The number of fused-ring (bicyclic) bond motifs is 1. The van der Waals surface area contributed by atoms with Gasteiger partial charge in [0.25, 0.3) is 0 Å². The Morgan fingerprint density at radius 3 is 2.05 bits per heavy atom. The number of benzene rings is 2. The highest BCUT2D eigenvalue weighted by Gasteiger charge is 2.26. The van der Waals surface area contributed by atoms with Crippen molar-refractivity contribution in [2.45, 2.75) is 60.3 Å². The fourth-order valence-electron chi connectivity index (χ4n) is 3.46. The first-order valence-electron chi connectivity index (χ1n) is 8.24. The topological polar surface area (TPSA) is 0 Å². The predicted molar refractivity (Wildman–Crippen MR) is 93.3 cm³/mol. The molecule has 3 rings (SSSR count). The molecular weight excluding hydrogens is 252 g/mol. The first kappa shape index (κ1) is 15.8. The van der Waals surface area contributed by atoms with E-state index in [0.29, 0.717) is 5.92 Å². The van der Waals surface area contributed by atoms with Crippen molar-refractivity contribution < 1.29 is 0 Å². The SMILES string of the molecule is CC.Cc1ccc(C2CCc3c(C)ccc(C)c32)cc1C. The molecule has 112 valence electrons. The van der Waals surface area contributed by atoms with Crippen molar-refractivity contribution in [2.24, 2.45) is 0 Å². The van der Waals surface area contributed by atoms with E-state index in [4.69, 9.17) is 0 Å². The molecule has 2 aromatic rings. The van der Waals surface area contributed by atoms with E-state index in [1.54, 1.807) is 11.1 Å². The van der Waals surface area contributed by atoms with Crippen molar-refractivity contribution in [3.05, 3.63) is 69.3 Å². The molecule has 0 N–H and O–H groups in total. The third-order valence-electron chi connectivity index (χ3n) is 4.77. The van der Waals surface area contributed by atoms with Gasteiger partial charge in [0, 0.05) is 5.92 Å². The summed E-state index contributed by atoms with van der Waals surface area (Å²) in [6.07, 6.45) is 2.50. The molecule has 1 atom stereocenters. The fraction of sp³-hybridized carbons (Fsp3) is 0.429. The van der Waals surface area contributed by atoms with Crippen LogP contribution in [0.4, 0.5) is 0 Å². The minimum Gasteiger partial charge on any atom is -0.0683 e. The van der Waals surface area contributed by atoms with Gasteiger partial charge in [-0.15, -0.1) is 0 Å². The Morgan fingerprint density at radius 1 is 0.762 bits per heavy atom. The van der Waals surface area contributed by atoms with Crippen LogP contribution in [0.15, 0.2) is 30.3 Å². The third-order valence-corrected chi connectivity index (χ3v) is 4.77. The lowest BCUT2D eigenvalue weighted by Crippen LogP contribution is -2.00. The van der Waals surface area contributed by atoms with Crippen LogP contribution in [0.2, 0.25) is 0 Å². The minimum atomic E-state index is 0.606. The maximum absolute atomic E-state index is 2.39. The Bertz CT molecular complexity index is 635. The summed E-state index contributed by atoms with van der Waals surface area (Å²) < 4.78 is 0. The molecule has 1 unspecified atom stereocenters. The van der Waals surface area contributed by atoms with Gasteiger partial charge in [0.05, 0.1) is 0 Å². The van der Waals surface area contributed by atoms with Crippen LogP contribution in [0.3, 0.4) is 0 Å². The molecule has 0 amide bonds. The summed E-state index contributed by atoms with van der Waals surface area (Å²) in [6.45, 7) is 12.9. The van der Waals surface area contributed by atoms with Gasteiger partial charge in [0.1, 0.15) is 0 Å². The molecule has 21 heavy (non-hydrogen) atoms. The van der Waals surface area contributed by atoms with Gasteiger partial charge in [-0.05, 0) is 79.5 Å². The summed E-state index contributed by atoms with van der Waals surface area (Å²) in [6, 6.07) is 11.5. The van der Waals surface area contributed by atoms with Crippen LogP contribution in [-0.2, 0) is 6.42 Å². The largest absolute Gasteiger partial charge is 0.0683 e. The molecule has 0 aliphatic heterocycles. The van der Waals surface area contributed by atoms with Crippen LogP contribution in [0.1, 0.15) is 65.1 Å². The zero-order valence-corrected chi connectivity index (χ0v) is 14.4. The maximum Gasteiger partial charge on any atom is 0.00980 e. The van der Waals surface area contributed by atoms with Crippen LogP contribution in [0.5, 0.6) is 0 Å². The van der Waals surface area contributed by atoms with Crippen LogP contribution >= 0.6 is 0 Å². The molecule has 0 aromatic heterocycles. The average Bonchev–Trinajstić information content (AvgIpc) is 2.94. The molecule has 0 spiro atoms. The average molecular weight is 280 g/mol. The maximum atomic E-state index is 2.39. The number of rotatable bonds is 1. The van der Waals surface area contributed by atoms with E-state index in [-0.39, 0.29) is 0 Å². The Balaban J connectivity index is 0.000000774. The van der Waals surface area contributed by atoms with Crippen molar-refractivity contribution in [3.8, 4) is 0 Å². The second kappa shape index (κ2) is 6.47. The zero-order valence-electron chi connectivity index (χ0n) is 14.4. The minimum absolute atomic E-state index is 0.606. The molecule has 0 heteroatoms. The van der Waals surface area contributed by atoms with E-state index in [1.165, 1.54) is 40.7 Å². The highest BCUT2D eigenvalue weighted by molar-refractivity contribution is 5.50. The van der Waals surface area contributed by atoms with Crippen molar-refractivity contribution in [1.29, 1.82) is 0 Å². The number of hydrogen-bond acceptors (Lipinski definition) is 0. The molecule has 0 saturated heterocycles. The van der Waals surface area contributed by atoms with E-state index >= 15 is 0 Å². The van der Waals surface area contributed by atoms with E-state index in [1.807, 2.05) is 13.8 Å². The van der Waals surface area contributed by atoms with E-state index in [0.717, 1.165) is 0 Å². The summed E-state index contributed by atoms with van der Waals surface area (Å²) in [7, 11) is 0. The van der Waals surface area contributed by atoms with Gasteiger partial charge in [0.15, 0.2) is 0 Å². The lowest BCUT2D eigenvalue weighted by Gasteiger charge is -2.17. The second-order valence-corrected chi connectivity index (χ2v) is 6.03. The summed E-state index contributed by atoms with van der Waals surface area (Å²) in [5, 5.41) is 0. The van der Waals surface area contributed by atoms with Crippen molar-refractivity contribution in [1.82, 2.24) is 0 Å². The highest BCUT2D eigenvalue weighted by atomic mass is 14.3. The number of hydrogen-bond donors (Lipinski definition) is 0. The third kappa shape index (κ3) is 2.90. The van der Waals surface area contributed by atoms with Crippen LogP contribution in [0, 0.1) is 27.7 Å². The second-order valence-electron chi connectivity index (χ2n) is 6.03. The van der Waals surface area contributed by atoms with Gasteiger partial charge in [-0.3, -0.25) is 0 Å². The van der Waals surface area contributed by atoms with Crippen molar-refractivity contribution in [3.63, 3.8) is 0 Å². The Kier molecular flexibility index (Phi) is 4.88. The summed E-state index contributed by atoms with van der Waals surface area (Å²) in [4.78, 5) is 0. The van der Waals surface area contributed by atoms with Gasteiger partial charge in [-0.2, -0.15) is 0 Å². The van der Waals surface area contributed by atoms with Gasteiger partial charge in [0.2, 0.25) is 0 Å². The Hall–Kier alpha value is -1.56. The van der Waals surface area contributed by atoms with Gasteiger partial charge in [-0.1, -0.05) is 44.2 Å². The molecule has 1 aliphatic rings. The van der Waals surface area contributed by atoms with Crippen LogP contribution in [0.25, 0.3) is 0 Å². The lowest BCUT2D eigenvalue weighted by atomic mass is 9.88. The summed E-state index contributed by atoms with van der Waals surface area (Å²) in [5.41, 5.74) is 10.4. The summed E-state index contributed by atoms with van der Waals surface area (Å²) in [5.74, 6) is 0.606. The first-order valence-corrected chi connectivity index (χ1v) is 8.24. The van der Waals surface area contributed by atoms with Gasteiger partial charge >= 0.3 is 0 Å². The van der Waals surface area contributed by atoms with Crippen LogP contribution in [-0.4, -0.2) is 0 Å². The Labute approximate surface area is 130 Å². The smallest absolute Gasteiger partial charge is 0.00980 e. The van der Waals surface area contributed by atoms with Crippen molar-refractivity contribution >= 4 is 0 Å². The zero-order chi connectivity index (χ0) is 15.6. The molecular formula is C21H28. The lowest BCUT2D eigenvalue weighted by molar-refractivity contribution is 0.783. The van der Waals surface area contributed by atoms with E-state index < -0.39 is 0 Å². The Morgan fingerprint density at radius 2 is 1.38 bits per heavy atom. The molecule has 0 bridgehead atoms. The normalized spacial score (nSPS) is 16.2. The van der Waals surface area contributed by atoms with Gasteiger partial charge < -0.3 is 0 Å². The van der Waals surface area contributed by atoms with Crippen LogP contribution < -0.4 is 0 Å². The highest BCUT2D eigenvalue weighted by Crippen LogP contribution is 2.41. The molecule has 2 aromatic carbocycles. The molecule has 0 radical (unpaired) electrons. The van der Waals surface area contributed by atoms with Gasteiger partial charge in [-0.25, -0.2) is 0 Å². The molecule has 0 heterocycles. The van der Waals surface area contributed by atoms with E-state index in [9.17, 15) is 0 Å². The molecule has 0 saturated carbocycles. The molecule has 0 fully saturated rings. The molecule has 1 aliphatic carbocycles. The quantitative estimate of drug-likeness (QED) is 0.598. The standard InChI is InChI=1S/C19H22.C2H6/c1-12-7-8-16(11-15(12)4)18-10-9-17-13(2)5-6-14(3)19(17)18;1-2/h5-8,11,18H,9-10H2,1-4H3;1-2H3.